The van der Waals surface area contributed by atoms with Crippen molar-refractivity contribution in [2.24, 2.45) is 5.92 Å². The first-order chi connectivity index (χ1) is 12.5. The Balaban J connectivity index is 1.57. The van der Waals surface area contributed by atoms with Gasteiger partial charge in [-0.15, -0.1) is 11.3 Å². The van der Waals surface area contributed by atoms with E-state index in [4.69, 9.17) is 5.11 Å². The van der Waals surface area contributed by atoms with Gasteiger partial charge in [0.1, 0.15) is 4.88 Å². The molecule has 6 nitrogen and oxygen atoms in total. The third-order valence-corrected chi connectivity index (χ3v) is 5.66. The Morgan fingerprint density at radius 3 is 2.65 bits per heavy atom. The summed E-state index contributed by atoms with van der Waals surface area (Å²) >= 11 is 1.14. The van der Waals surface area contributed by atoms with Gasteiger partial charge in [0, 0.05) is 17.8 Å². The van der Waals surface area contributed by atoms with E-state index in [1.807, 2.05) is 37.3 Å². The predicted molar refractivity (Wildman–Crippen MR) is 97.8 cm³/mol. The number of nitrogens with one attached hydrogen (secondary N) is 1. The molecule has 0 bridgehead atoms. The zero-order valence-electron chi connectivity index (χ0n) is 14.3. The number of carbonyl (C=O) groups excluding carboxylic acids is 2. The summed E-state index contributed by atoms with van der Waals surface area (Å²) in [4.78, 5) is 38.4. The Bertz CT molecular complexity index is 818. The summed E-state index contributed by atoms with van der Waals surface area (Å²) in [7, 11) is 0. The molecule has 0 unspecified atom stereocenters. The summed E-state index contributed by atoms with van der Waals surface area (Å²) in [5, 5.41) is 11.7. The summed E-state index contributed by atoms with van der Waals surface area (Å²) in [6, 6.07) is 12.9. The molecular weight excluding hydrogens is 352 g/mol. The van der Waals surface area contributed by atoms with Gasteiger partial charge in [0.05, 0.1) is 18.5 Å². The van der Waals surface area contributed by atoms with Crippen molar-refractivity contribution in [3.8, 4) is 0 Å². The van der Waals surface area contributed by atoms with Crippen molar-refractivity contribution in [1.82, 2.24) is 10.2 Å². The molecule has 136 valence electrons. The van der Waals surface area contributed by atoms with Crippen molar-refractivity contribution in [2.75, 3.05) is 6.54 Å². The summed E-state index contributed by atoms with van der Waals surface area (Å²) in [5.41, 5.74) is 1.04. The molecule has 26 heavy (non-hydrogen) atoms. The Hall–Kier alpha value is -2.67. The highest BCUT2D eigenvalue weighted by atomic mass is 32.1. The van der Waals surface area contributed by atoms with E-state index in [1.54, 1.807) is 11.0 Å². The highest BCUT2D eigenvalue weighted by molar-refractivity contribution is 7.13. The number of amides is 2. The van der Waals surface area contributed by atoms with Crippen molar-refractivity contribution in [3.05, 3.63) is 57.8 Å². The fourth-order valence-corrected chi connectivity index (χ4v) is 3.89. The monoisotopic (exact) mass is 372 g/mol. The SMILES string of the molecule is C[C@@H](c1ccccc1)N1C[C@@H](C(=O)NCc2ccc(C(=O)O)s2)CC1=O. The third-order valence-electron chi connectivity index (χ3n) is 4.59. The van der Waals surface area contributed by atoms with Crippen LogP contribution in [0.4, 0.5) is 0 Å². The highest BCUT2D eigenvalue weighted by Crippen LogP contribution is 2.28. The molecule has 3 rings (SSSR count). The lowest BCUT2D eigenvalue weighted by Crippen LogP contribution is -2.33. The van der Waals surface area contributed by atoms with E-state index < -0.39 is 5.97 Å². The molecule has 0 radical (unpaired) electrons. The summed E-state index contributed by atoms with van der Waals surface area (Å²) in [6.07, 6.45) is 0.202. The van der Waals surface area contributed by atoms with Crippen molar-refractivity contribution >= 4 is 29.1 Å². The second-order valence-corrected chi connectivity index (χ2v) is 7.49. The van der Waals surface area contributed by atoms with E-state index in [1.165, 1.54) is 6.07 Å². The predicted octanol–water partition coefficient (Wildman–Crippen LogP) is 2.67. The molecule has 2 amide bonds. The molecule has 0 aliphatic carbocycles. The summed E-state index contributed by atoms with van der Waals surface area (Å²) in [6.45, 7) is 2.63. The fourth-order valence-electron chi connectivity index (χ4n) is 3.10. The summed E-state index contributed by atoms with van der Waals surface area (Å²) in [5.74, 6) is -1.55. The average Bonchev–Trinajstić information content (AvgIpc) is 3.27. The molecule has 1 aliphatic heterocycles. The molecule has 0 saturated carbocycles. The van der Waals surface area contributed by atoms with Gasteiger partial charge in [0.2, 0.25) is 11.8 Å². The van der Waals surface area contributed by atoms with Gasteiger partial charge >= 0.3 is 5.97 Å². The number of nitrogens with zero attached hydrogens (tertiary/aromatic N) is 1. The lowest BCUT2D eigenvalue weighted by molar-refractivity contribution is -0.130. The van der Waals surface area contributed by atoms with Gasteiger partial charge in [-0.3, -0.25) is 9.59 Å². The van der Waals surface area contributed by atoms with Crippen molar-refractivity contribution < 1.29 is 19.5 Å². The quantitative estimate of drug-likeness (QED) is 0.816. The lowest BCUT2D eigenvalue weighted by Gasteiger charge is -2.25. The van der Waals surface area contributed by atoms with Gasteiger partial charge < -0.3 is 15.3 Å². The number of likely N-dealkylation sites (tertiary alicyclic amines) is 1. The maximum atomic E-state index is 12.4. The van der Waals surface area contributed by atoms with E-state index in [9.17, 15) is 14.4 Å². The van der Waals surface area contributed by atoms with Gasteiger partial charge in [-0.1, -0.05) is 30.3 Å². The average molecular weight is 372 g/mol. The number of hydrogen-bond acceptors (Lipinski definition) is 4. The van der Waals surface area contributed by atoms with Crippen LogP contribution in [-0.4, -0.2) is 34.3 Å². The van der Waals surface area contributed by atoms with Crippen LogP contribution in [0.25, 0.3) is 0 Å². The van der Waals surface area contributed by atoms with Gasteiger partial charge in [0.25, 0.3) is 0 Å². The Morgan fingerprint density at radius 1 is 1.27 bits per heavy atom. The van der Waals surface area contributed by atoms with E-state index in [0.29, 0.717) is 6.54 Å². The standard InChI is InChI=1S/C19H20N2O4S/c1-12(13-5-3-2-4-6-13)21-11-14(9-17(21)22)18(23)20-10-15-7-8-16(26-15)19(24)25/h2-8,12,14H,9-11H2,1H3,(H,20,23)(H,24,25)/t12-,14-/m0/s1. The second kappa shape index (κ2) is 7.70. The molecule has 1 aliphatic rings. The van der Waals surface area contributed by atoms with Crippen molar-refractivity contribution in [3.63, 3.8) is 0 Å². The van der Waals surface area contributed by atoms with Gasteiger partial charge in [-0.25, -0.2) is 4.79 Å². The minimum absolute atomic E-state index is 0.0224. The van der Waals surface area contributed by atoms with Crippen LogP contribution in [0.5, 0.6) is 0 Å². The van der Waals surface area contributed by atoms with Crippen LogP contribution in [0.2, 0.25) is 0 Å². The van der Waals surface area contributed by atoms with E-state index in [-0.39, 0.29) is 41.6 Å². The molecule has 2 heterocycles. The largest absolute Gasteiger partial charge is 0.477 e. The second-order valence-electron chi connectivity index (χ2n) is 6.32. The maximum Gasteiger partial charge on any atom is 0.345 e. The zero-order valence-corrected chi connectivity index (χ0v) is 15.2. The summed E-state index contributed by atoms with van der Waals surface area (Å²) < 4.78 is 0. The normalized spacial score (nSPS) is 18.0. The minimum atomic E-state index is -0.973. The highest BCUT2D eigenvalue weighted by Gasteiger charge is 2.36. The van der Waals surface area contributed by atoms with Crippen LogP contribution >= 0.6 is 11.3 Å². The van der Waals surface area contributed by atoms with Crippen LogP contribution in [0.1, 0.15) is 39.5 Å². The van der Waals surface area contributed by atoms with Gasteiger partial charge in [0.15, 0.2) is 0 Å². The maximum absolute atomic E-state index is 12.4. The van der Waals surface area contributed by atoms with E-state index in [2.05, 4.69) is 5.32 Å². The molecule has 0 spiro atoms. The smallest absolute Gasteiger partial charge is 0.345 e. The first-order valence-electron chi connectivity index (χ1n) is 8.40. The zero-order chi connectivity index (χ0) is 18.7. The van der Waals surface area contributed by atoms with Gasteiger partial charge in [-0.2, -0.15) is 0 Å². The van der Waals surface area contributed by atoms with Crippen LogP contribution in [-0.2, 0) is 16.1 Å². The Morgan fingerprint density at radius 2 is 2.00 bits per heavy atom. The van der Waals surface area contributed by atoms with Crippen LogP contribution in [0, 0.1) is 5.92 Å². The molecule has 2 N–H and O–H groups in total. The number of hydrogen-bond donors (Lipinski definition) is 2. The van der Waals surface area contributed by atoms with Crippen molar-refractivity contribution in [1.29, 1.82) is 0 Å². The topological polar surface area (TPSA) is 86.7 Å². The number of aromatic carboxylic acids is 1. The molecular formula is C19H20N2O4S. The first-order valence-corrected chi connectivity index (χ1v) is 9.21. The van der Waals surface area contributed by atoms with Crippen LogP contribution in [0.15, 0.2) is 42.5 Å². The minimum Gasteiger partial charge on any atom is -0.477 e. The molecule has 1 saturated heterocycles. The Labute approximate surface area is 155 Å². The molecule has 1 aromatic heterocycles. The fraction of sp³-hybridized carbons (Fsp3) is 0.316. The van der Waals surface area contributed by atoms with Crippen LogP contribution in [0.3, 0.4) is 0 Å². The lowest BCUT2D eigenvalue weighted by atomic mass is 10.1. The number of rotatable bonds is 6. The number of carbonyl (C=O) groups is 3. The molecule has 1 fully saturated rings. The van der Waals surface area contributed by atoms with E-state index >= 15 is 0 Å². The number of thiophene rings is 1. The molecule has 1 aromatic carbocycles. The molecule has 2 aromatic rings. The van der Waals surface area contributed by atoms with Crippen molar-refractivity contribution in [2.45, 2.75) is 25.9 Å². The van der Waals surface area contributed by atoms with E-state index in [0.717, 1.165) is 21.8 Å². The molecule has 7 heteroatoms. The molecule has 2 atom stereocenters. The number of carboxylic acid groups (broad SMARTS) is 1. The third kappa shape index (κ3) is 3.94. The number of benzene rings is 1. The first kappa shape index (κ1) is 18.1. The van der Waals surface area contributed by atoms with Gasteiger partial charge in [-0.05, 0) is 24.6 Å². The Kier molecular flexibility index (Phi) is 5.37. The van der Waals surface area contributed by atoms with Crippen LogP contribution < -0.4 is 5.32 Å². The number of carboxylic acids is 1.